The lowest BCUT2D eigenvalue weighted by atomic mass is 9.83. The van der Waals surface area contributed by atoms with Crippen LogP contribution in [-0.4, -0.2) is 52.3 Å². The molecule has 122 valence electrons. The molecule has 1 spiro atoms. The Bertz CT molecular complexity index is 503. The van der Waals surface area contributed by atoms with E-state index in [1.807, 2.05) is 22.7 Å². The average Bonchev–Trinajstić information content (AvgIpc) is 2.93. The van der Waals surface area contributed by atoms with Crippen LogP contribution in [0.1, 0.15) is 37.9 Å². The van der Waals surface area contributed by atoms with Crippen LogP contribution < -0.4 is 0 Å². The van der Waals surface area contributed by atoms with Gasteiger partial charge < -0.3 is 18.9 Å². The van der Waals surface area contributed by atoms with Gasteiger partial charge in [0.1, 0.15) is 19.0 Å². The summed E-state index contributed by atoms with van der Waals surface area (Å²) in [6.07, 6.45) is 9.45. The van der Waals surface area contributed by atoms with Gasteiger partial charge in [-0.3, -0.25) is 4.79 Å². The highest BCUT2D eigenvalue weighted by atomic mass is 16.5. The smallest absolute Gasteiger partial charge is 0.248 e. The summed E-state index contributed by atoms with van der Waals surface area (Å²) in [5.41, 5.74) is -0.0914. The molecule has 6 nitrogen and oxygen atoms in total. The Labute approximate surface area is 131 Å². The molecule has 1 aromatic heterocycles. The first-order valence-electron chi connectivity index (χ1n) is 8.14. The Kier molecular flexibility index (Phi) is 4.78. The second kappa shape index (κ2) is 6.79. The fourth-order valence-corrected chi connectivity index (χ4v) is 3.41. The highest BCUT2D eigenvalue weighted by molar-refractivity contribution is 5.77. The lowest BCUT2D eigenvalue weighted by Gasteiger charge is -2.45. The van der Waals surface area contributed by atoms with Crippen molar-refractivity contribution in [3.8, 4) is 0 Å². The van der Waals surface area contributed by atoms with Crippen LogP contribution >= 0.6 is 0 Å². The molecule has 1 aliphatic heterocycles. The quantitative estimate of drug-likeness (QED) is 0.846. The van der Waals surface area contributed by atoms with E-state index in [2.05, 4.69) is 4.98 Å². The number of rotatable bonds is 4. The van der Waals surface area contributed by atoms with Gasteiger partial charge >= 0.3 is 0 Å². The third kappa shape index (κ3) is 3.50. The molecule has 2 aliphatic rings. The SMILES string of the molecule is Cn1ccnc1COCC(=O)N1CCOC2(CCCCC2)C1. The summed E-state index contributed by atoms with van der Waals surface area (Å²) in [5.74, 6) is 0.890. The predicted molar refractivity (Wildman–Crippen MR) is 81.2 cm³/mol. The fraction of sp³-hybridized carbons (Fsp3) is 0.750. The molecule has 1 saturated heterocycles. The van der Waals surface area contributed by atoms with Crippen molar-refractivity contribution in [3.63, 3.8) is 0 Å². The van der Waals surface area contributed by atoms with E-state index < -0.39 is 0 Å². The van der Waals surface area contributed by atoms with Gasteiger partial charge in [-0.1, -0.05) is 19.3 Å². The Balaban J connectivity index is 1.48. The van der Waals surface area contributed by atoms with E-state index in [-0.39, 0.29) is 18.1 Å². The summed E-state index contributed by atoms with van der Waals surface area (Å²) in [7, 11) is 1.92. The first-order valence-corrected chi connectivity index (χ1v) is 8.14. The molecule has 0 aromatic carbocycles. The van der Waals surface area contributed by atoms with Crippen molar-refractivity contribution in [1.82, 2.24) is 14.5 Å². The number of nitrogens with zero attached hydrogens (tertiary/aromatic N) is 3. The number of morpholine rings is 1. The van der Waals surface area contributed by atoms with Crippen molar-refractivity contribution in [2.45, 2.75) is 44.3 Å². The van der Waals surface area contributed by atoms with Crippen LogP contribution in [0, 0.1) is 0 Å². The van der Waals surface area contributed by atoms with Crippen LogP contribution in [0.3, 0.4) is 0 Å². The number of carbonyl (C=O) groups excluding carboxylic acids is 1. The van der Waals surface area contributed by atoms with Crippen molar-refractivity contribution in [2.75, 3.05) is 26.3 Å². The normalized spacial score (nSPS) is 21.2. The zero-order chi connectivity index (χ0) is 15.4. The Hall–Kier alpha value is -1.40. The molecule has 3 rings (SSSR count). The topological polar surface area (TPSA) is 56.6 Å². The van der Waals surface area contributed by atoms with Gasteiger partial charge in [-0.05, 0) is 12.8 Å². The van der Waals surface area contributed by atoms with Gasteiger partial charge in [-0.15, -0.1) is 0 Å². The minimum atomic E-state index is -0.0914. The van der Waals surface area contributed by atoms with Crippen LogP contribution in [-0.2, 0) is 27.9 Å². The molecule has 1 saturated carbocycles. The van der Waals surface area contributed by atoms with E-state index in [4.69, 9.17) is 9.47 Å². The highest BCUT2D eigenvalue weighted by Crippen LogP contribution is 2.34. The first-order chi connectivity index (χ1) is 10.7. The zero-order valence-corrected chi connectivity index (χ0v) is 13.3. The molecule has 2 heterocycles. The summed E-state index contributed by atoms with van der Waals surface area (Å²) in [6.45, 7) is 2.52. The lowest BCUT2D eigenvalue weighted by molar-refractivity contribution is -0.160. The summed E-state index contributed by atoms with van der Waals surface area (Å²) in [6, 6.07) is 0. The number of aromatic nitrogens is 2. The van der Waals surface area contributed by atoms with Gasteiger partial charge in [0.2, 0.25) is 5.91 Å². The molecule has 22 heavy (non-hydrogen) atoms. The number of carbonyl (C=O) groups is 1. The second-order valence-corrected chi connectivity index (χ2v) is 6.35. The zero-order valence-electron chi connectivity index (χ0n) is 13.3. The van der Waals surface area contributed by atoms with Crippen LogP contribution in [0.25, 0.3) is 0 Å². The number of hydrogen-bond acceptors (Lipinski definition) is 4. The molecule has 0 unspecified atom stereocenters. The van der Waals surface area contributed by atoms with Gasteiger partial charge in [0.25, 0.3) is 0 Å². The summed E-state index contributed by atoms with van der Waals surface area (Å²) >= 11 is 0. The number of ether oxygens (including phenoxy) is 2. The Morgan fingerprint density at radius 1 is 1.41 bits per heavy atom. The van der Waals surface area contributed by atoms with Crippen LogP contribution in [0.5, 0.6) is 0 Å². The fourth-order valence-electron chi connectivity index (χ4n) is 3.41. The van der Waals surface area contributed by atoms with Gasteiger partial charge in [-0.25, -0.2) is 4.98 Å². The van der Waals surface area contributed by atoms with E-state index >= 15 is 0 Å². The minimum absolute atomic E-state index is 0.0578. The van der Waals surface area contributed by atoms with E-state index in [1.165, 1.54) is 19.3 Å². The number of aryl methyl sites for hydroxylation is 1. The van der Waals surface area contributed by atoms with Crippen LogP contribution in [0.2, 0.25) is 0 Å². The monoisotopic (exact) mass is 307 g/mol. The van der Waals surface area contributed by atoms with Gasteiger partial charge in [0, 0.05) is 32.5 Å². The molecule has 0 atom stereocenters. The Morgan fingerprint density at radius 2 is 2.23 bits per heavy atom. The molecule has 0 radical (unpaired) electrons. The van der Waals surface area contributed by atoms with Crippen LogP contribution in [0.4, 0.5) is 0 Å². The van der Waals surface area contributed by atoms with Crippen molar-refractivity contribution < 1.29 is 14.3 Å². The molecular weight excluding hydrogens is 282 g/mol. The maximum atomic E-state index is 12.4. The number of imidazole rings is 1. The van der Waals surface area contributed by atoms with E-state index in [1.54, 1.807) is 6.20 Å². The first kappa shape index (κ1) is 15.5. The van der Waals surface area contributed by atoms with Gasteiger partial charge in [-0.2, -0.15) is 0 Å². The van der Waals surface area contributed by atoms with E-state index in [0.717, 1.165) is 25.2 Å². The number of amides is 1. The van der Waals surface area contributed by atoms with Gasteiger partial charge in [0.05, 0.1) is 12.2 Å². The summed E-state index contributed by atoms with van der Waals surface area (Å²) in [5, 5.41) is 0. The molecule has 6 heteroatoms. The van der Waals surface area contributed by atoms with Crippen molar-refractivity contribution in [1.29, 1.82) is 0 Å². The maximum Gasteiger partial charge on any atom is 0.248 e. The summed E-state index contributed by atoms with van der Waals surface area (Å²) < 4.78 is 13.5. The van der Waals surface area contributed by atoms with Gasteiger partial charge in [0.15, 0.2) is 0 Å². The highest BCUT2D eigenvalue weighted by Gasteiger charge is 2.39. The van der Waals surface area contributed by atoms with Crippen molar-refractivity contribution >= 4 is 5.91 Å². The van der Waals surface area contributed by atoms with Crippen molar-refractivity contribution in [3.05, 3.63) is 18.2 Å². The average molecular weight is 307 g/mol. The molecule has 0 N–H and O–H groups in total. The third-order valence-electron chi connectivity index (χ3n) is 4.74. The van der Waals surface area contributed by atoms with E-state index in [0.29, 0.717) is 19.8 Å². The maximum absolute atomic E-state index is 12.4. The molecule has 1 amide bonds. The van der Waals surface area contributed by atoms with E-state index in [9.17, 15) is 4.79 Å². The molecule has 1 aliphatic carbocycles. The number of hydrogen-bond donors (Lipinski definition) is 0. The molecule has 2 fully saturated rings. The van der Waals surface area contributed by atoms with Crippen molar-refractivity contribution in [2.24, 2.45) is 7.05 Å². The second-order valence-electron chi connectivity index (χ2n) is 6.35. The minimum Gasteiger partial charge on any atom is -0.371 e. The predicted octanol–water partition coefficient (Wildman–Crippen LogP) is 1.50. The third-order valence-corrected chi connectivity index (χ3v) is 4.74. The molecule has 0 bridgehead atoms. The summed E-state index contributed by atoms with van der Waals surface area (Å²) in [4.78, 5) is 18.5. The molecule has 1 aromatic rings. The van der Waals surface area contributed by atoms with Crippen LogP contribution in [0.15, 0.2) is 12.4 Å². The largest absolute Gasteiger partial charge is 0.371 e. The Morgan fingerprint density at radius 3 is 2.95 bits per heavy atom. The lowest BCUT2D eigenvalue weighted by Crippen LogP contribution is -2.55. The molecular formula is C16H25N3O3. The standard InChI is InChI=1S/C16H25N3O3/c1-18-8-7-17-14(18)11-21-12-15(20)19-9-10-22-16(13-19)5-3-2-4-6-16/h7-8H,2-6,9-13H2,1H3.